The molecule has 0 bridgehead atoms. The van der Waals surface area contributed by atoms with E-state index in [4.69, 9.17) is 10.5 Å². The lowest BCUT2D eigenvalue weighted by Gasteiger charge is -2.23. The number of nitrogens with zero attached hydrogens (tertiary/aromatic N) is 1. The minimum absolute atomic E-state index is 0. The Balaban J connectivity index is 0.00000264. The molecular formula is C17H25ClN2O3. The van der Waals surface area contributed by atoms with Crippen molar-refractivity contribution in [2.75, 3.05) is 19.7 Å². The first-order valence-corrected chi connectivity index (χ1v) is 7.91. The minimum Gasteiger partial charge on any atom is -0.494 e. The van der Waals surface area contributed by atoms with E-state index in [2.05, 4.69) is 0 Å². The Bertz CT molecular complexity index is 519. The highest BCUT2D eigenvalue weighted by atomic mass is 35.5. The van der Waals surface area contributed by atoms with Crippen molar-refractivity contribution in [3.63, 3.8) is 0 Å². The highest BCUT2D eigenvalue weighted by molar-refractivity contribution is 5.98. The topological polar surface area (TPSA) is 72.6 Å². The molecule has 0 aliphatic carbocycles. The first kappa shape index (κ1) is 19.5. The molecule has 1 amide bonds. The number of rotatable bonds is 7. The zero-order valence-corrected chi connectivity index (χ0v) is 14.3. The van der Waals surface area contributed by atoms with Gasteiger partial charge in [-0.25, -0.2) is 0 Å². The summed E-state index contributed by atoms with van der Waals surface area (Å²) in [5, 5.41) is 0. The van der Waals surface area contributed by atoms with Crippen LogP contribution in [0.5, 0.6) is 5.75 Å². The van der Waals surface area contributed by atoms with Crippen LogP contribution in [-0.4, -0.2) is 42.3 Å². The maximum absolute atomic E-state index is 12.2. The monoisotopic (exact) mass is 340 g/mol. The maximum Gasteiger partial charge on any atom is 0.223 e. The van der Waals surface area contributed by atoms with Gasteiger partial charge in [0.05, 0.1) is 6.61 Å². The van der Waals surface area contributed by atoms with Crippen molar-refractivity contribution in [3.05, 3.63) is 29.8 Å². The Morgan fingerprint density at radius 1 is 1.26 bits per heavy atom. The number of carbonyl (C=O) groups excluding carboxylic acids is 2. The second-order valence-corrected chi connectivity index (χ2v) is 5.50. The molecular weight excluding hydrogens is 316 g/mol. The number of hydrogen-bond donors (Lipinski definition) is 1. The Morgan fingerprint density at radius 2 is 1.96 bits per heavy atom. The molecule has 1 aliphatic rings. The summed E-state index contributed by atoms with van der Waals surface area (Å²) in [7, 11) is 0. The van der Waals surface area contributed by atoms with Crippen LogP contribution < -0.4 is 10.5 Å². The van der Waals surface area contributed by atoms with E-state index in [1.807, 2.05) is 11.8 Å². The van der Waals surface area contributed by atoms with Crippen LogP contribution in [0.2, 0.25) is 0 Å². The van der Waals surface area contributed by atoms with Crippen molar-refractivity contribution in [2.24, 2.45) is 5.73 Å². The fourth-order valence-corrected chi connectivity index (χ4v) is 2.82. The highest BCUT2D eigenvalue weighted by Gasteiger charge is 2.27. The number of amides is 1. The summed E-state index contributed by atoms with van der Waals surface area (Å²) in [5.41, 5.74) is 6.29. The van der Waals surface area contributed by atoms with Crippen LogP contribution in [0.3, 0.4) is 0 Å². The molecule has 1 saturated heterocycles. The summed E-state index contributed by atoms with van der Waals surface area (Å²) in [6.45, 7) is 3.77. The van der Waals surface area contributed by atoms with Crippen LogP contribution in [0, 0.1) is 0 Å². The van der Waals surface area contributed by atoms with Gasteiger partial charge < -0.3 is 15.4 Å². The summed E-state index contributed by atoms with van der Waals surface area (Å²) in [6.07, 6.45) is 2.46. The van der Waals surface area contributed by atoms with E-state index in [1.165, 1.54) is 0 Å². The lowest BCUT2D eigenvalue weighted by Crippen LogP contribution is -2.39. The predicted octanol–water partition coefficient (Wildman–Crippen LogP) is 2.42. The van der Waals surface area contributed by atoms with Crippen LogP contribution in [-0.2, 0) is 4.79 Å². The van der Waals surface area contributed by atoms with Crippen molar-refractivity contribution < 1.29 is 14.3 Å². The number of benzene rings is 1. The molecule has 1 atom stereocenters. The molecule has 0 aromatic heterocycles. The fraction of sp³-hybridized carbons (Fsp3) is 0.529. The molecule has 1 unspecified atom stereocenters. The molecule has 23 heavy (non-hydrogen) atoms. The first-order chi connectivity index (χ1) is 10.7. The molecule has 128 valence electrons. The van der Waals surface area contributed by atoms with Gasteiger partial charge in [0.15, 0.2) is 5.78 Å². The van der Waals surface area contributed by atoms with Gasteiger partial charge in [0.25, 0.3) is 0 Å². The lowest BCUT2D eigenvalue weighted by molar-refractivity contribution is -0.131. The average molecular weight is 341 g/mol. The third-order valence-corrected chi connectivity index (χ3v) is 4.02. The minimum atomic E-state index is -0.0140. The number of halogens is 1. The molecule has 6 heteroatoms. The number of carbonyl (C=O) groups is 2. The maximum atomic E-state index is 12.2. The molecule has 1 aromatic rings. The molecule has 2 N–H and O–H groups in total. The second-order valence-electron chi connectivity index (χ2n) is 5.50. The zero-order valence-electron chi connectivity index (χ0n) is 13.5. The molecule has 0 spiro atoms. The number of ether oxygens (including phenoxy) is 1. The van der Waals surface area contributed by atoms with Gasteiger partial charge in [-0.15, -0.1) is 12.4 Å². The smallest absolute Gasteiger partial charge is 0.223 e. The Morgan fingerprint density at radius 3 is 2.57 bits per heavy atom. The third kappa shape index (κ3) is 5.22. The number of Topliss-reactive ketones (excluding diaryl/α,β-unsaturated/α-hetero) is 1. The van der Waals surface area contributed by atoms with Crippen molar-refractivity contribution in [2.45, 2.75) is 38.6 Å². The van der Waals surface area contributed by atoms with Gasteiger partial charge in [0.1, 0.15) is 5.75 Å². The quantitative estimate of drug-likeness (QED) is 0.774. The summed E-state index contributed by atoms with van der Waals surface area (Å²) >= 11 is 0. The summed E-state index contributed by atoms with van der Waals surface area (Å²) in [6, 6.07) is 7.20. The zero-order chi connectivity index (χ0) is 15.9. The van der Waals surface area contributed by atoms with E-state index in [1.54, 1.807) is 24.3 Å². The summed E-state index contributed by atoms with van der Waals surface area (Å²) in [4.78, 5) is 26.2. The van der Waals surface area contributed by atoms with Gasteiger partial charge in [0.2, 0.25) is 5.91 Å². The van der Waals surface area contributed by atoms with Crippen molar-refractivity contribution in [1.82, 2.24) is 4.90 Å². The van der Waals surface area contributed by atoms with Crippen LogP contribution in [0.1, 0.15) is 43.0 Å². The molecule has 0 saturated carbocycles. The van der Waals surface area contributed by atoms with Crippen molar-refractivity contribution in [1.29, 1.82) is 0 Å². The molecule has 2 rings (SSSR count). The van der Waals surface area contributed by atoms with Crippen molar-refractivity contribution >= 4 is 24.1 Å². The Hall–Kier alpha value is -1.59. The largest absolute Gasteiger partial charge is 0.494 e. The normalized spacial score (nSPS) is 16.8. The van der Waals surface area contributed by atoms with Gasteiger partial charge in [0, 0.05) is 37.5 Å². The summed E-state index contributed by atoms with van der Waals surface area (Å²) < 4.78 is 5.35. The fourth-order valence-electron chi connectivity index (χ4n) is 2.82. The van der Waals surface area contributed by atoms with Crippen LogP contribution >= 0.6 is 12.4 Å². The number of ketones is 1. The van der Waals surface area contributed by atoms with Gasteiger partial charge in [-0.2, -0.15) is 0 Å². The van der Waals surface area contributed by atoms with Crippen LogP contribution in [0.15, 0.2) is 24.3 Å². The lowest BCUT2D eigenvalue weighted by atomic mass is 10.1. The predicted molar refractivity (Wildman–Crippen MR) is 92.2 cm³/mol. The van der Waals surface area contributed by atoms with Gasteiger partial charge >= 0.3 is 0 Å². The average Bonchev–Trinajstić information content (AvgIpc) is 3.02. The van der Waals surface area contributed by atoms with Crippen LogP contribution in [0.25, 0.3) is 0 Å². The molecule has 1 heterocycles. The molecule has 1 aliphatic heterocycles. The summed E-state index contributed by atoms with van der Waals surface area (Å²) in [5.74, 6) is 0.769. The molecule has 5 nitrogen and oxygen atoms in total. The van der Waals surface area contributed by atoms with E-state index in [9.17, 15) is 9.59 Å². The highest BCUT2D eigenvalue weighted by Crippen LogP contribution is 2.19. The number of hydrogen-bond acceptors (Lipinski definition) is 4. The standard InChI is InChI=1S/C17H24N2O3.ClH/c1-2-22-15-7-5-13(6-8-15)16(20)9-10-17(21)19-11-3-4-14(19)12-18;/h5-8,14H,2-4,9-12,18H2,1H3;1H. The van der Waals surface area contributed by atoms with Gasteiger partial charge in [-0.1, -0.05) is 0 Å². The number of likely N-dealkylation sites (tertiary alicyclic amines) is 1. The molecule has 0 radical (unpaired) electrons. The van der Waals surface area contributed by atoms with E-state index >= 15 is 0 Å². The van der Waals surface area contributed by atoms with E-state index in [-0.39, 0.29) is 43.0 Å². The van der Waals surface area contributed by atoms with Gasteiger partial charge in [-0.05, 0) is 44.0 Å². The first-order valence-electron chi connectivity index (χ1n) is 7.91. The van der Waals surface area contributed by atoms with E-state index in [0.29, 0.717) is 18.7 Å². The molecule has 1 fully saturated rings. The number of nitrogens with two attached hydrogens (primary N) is 1. The van der Waals surface area contributed by atoms with Crippen molar-refractivity contribution in [3.8, 4) is 5.75 Å². The van der Waals surface area contributed by atoms with Gasteiger partial charge in [-0.3, -0.25) is 9.59 Å². The SMILES string of the molecule is CCOc1ccc(C(=O)CCC(=O)N2CCCC2CN)cc1.Cl. The van der Waals surface area contributed by atoms with Crippen LogP contribution in [0.4, 0.5) is 0 Å². The Labute approximate surface area is 143 Å². The van der Waals surface area contributed by atoms with E-state index < -0.39 is 0 Å². The third-order valence-electron chi connectivity index (χ3n) is 4.02. The second kappa shape index (κ2) is 9.53. The Kier molecular flexibility index (Phi) is 8.06. The van der Waals surface area contributed by atoms with E-state index in [0.717, 1.165) is 25.1 Å². The molecule has 1 aromatic carbocycles.